The van der Waals surface area contributed by atoms with E-state index < -0.39 is 23.7 Å². The van der Waals surface area contributed by atoms with Crippen LogP contribution in [0.5, 0.6) is 0 Å². The van der Waals surface area contributed by atoms with Gasteiger partial charge in [-0.1, -0.05) is 23.7 Å². The van der Waals surface area contributed by atoms with Crippen molar-refractivity contribution in [1.82, 2.24) is 5.32 Å². The molecule has 0 radical (unpaired) electrons. The van der Waals surface area contributed by atoms with Crippen LogP contribution in [-0.4, -0.2) is 50.5 Å². The summed E-state index contributed by atoms with van der Waals surface area (Å²) in [6.07, 6.45) is 2.41. The summed E-state index contributed by atoms with van der Waals surface area (Å²) in [5.74, 6) is -1.80. The molecule has 36 heavy (non-hydrogen) atoms. The van der Waals surface area contributed by atoms with Gasteiger partial charge in [-0.2, -0.15) is 0 Å². The maximum absolute atomic E-state index is 14.8. The molecule has 4 rings (SSSR count). The largest absolute Gasteiger partial charge is 0.381 e. The molecule has 2 saturated heterocycles. The Morgan fingerprint density at radius 1 is 1.22 bits per heavy atom. The Morgan fingerprint density at radius 2 is 2.00 bits per heavy atom. The van der Waals surface area contributed by atoms with Gasteiger partial charge in [-0.15, -0.1) is 0 Å². The van der Waals surface area contributed by atoms with Crippen molar-refractivity contribution in [2.75, 3.05) is 31.7 Å². The van der Waals surface area contributed by atoms with Crippen molar-refractivity contribution in [3.8, 4) is 0 Å². The Bertz CT molecular complexity index is 1040. The van der Waals surface area contributed by atoms with E-state index in [9.17, 15) is 13.6 Å². The SMILES string of the molecule is C[C@@H]1CO[C@H](CCc2c(F)cccc2NC(=O)[C@@H](N)[C@@H](c2ccc(Cl)c(F)c2)C2CCOCC2)CN1. The standard InChI is InChI=1S/C27H34ClF2N3O3/c1-16-15-36-19(14-32-16)6-7-20-22(29)3-2-4-24(20)33-27(34)26(31)25(17-9-11-35-12-10-17)18-5-8-21(28)23(30)13-18/h2-5,8,13,16-17,19,25-26,32H,6-7,9-12,14-15,31H2,1H3,(H,33,34)/t16-,19-,25-,26+/m1/s1. The maximum atomic E-state index is 14.8. The second-order valence-corrected chi connectivity index (χ2v) is 10.1. The molecule has 2 aliphatic rings. The molecule has 0 bridgehead atoms. The molecule has 0 unspecified atom stereocenters. The highest BCUT2D eigenvalue weighted by Gasteiger charge is 2.35. The van der Waals surface area contributed by atoms with Crippen molar-refractivity contribution in [2.45, 2.75) is 56.7 Å². The van der Waals surface area contributed by atoms with Gasteiger partial charge in [0.05, 0.1) is 23.8 Å². The number of nitrogens with two attached hydrogens (primary N) is 1. The molecule has 4 atom stereocenters. The summed E-state index contributed by atoms with van der Waals surface area (Å²) in [4.78, 5) is 13.4. The molecule has 9 heteroatoms. The smallest absolute Gasteiger partial charge is 0.241 e. The average molecular weight is 522 g/mol. The first kappa shape index (κ1) is 26.9. The molecule has 0 aliphatic carbocycles. The molecule has 0 saturated carbocycles. The zero-order chi connectivity index (χ0) is 25.7. The van der Waals surface area contributed by atoms with Crippen molar-refractivity contribution in [2.24, 2.45) is 11.7 Å². The van der Waals surface area contributed by atoms with Gasteiger partial charge in [0.2, 0.25) is 5.91 Å². The molecule has 2 heterocycles. The third-order valence-electron chi connectivity index (χ3n) is 7.16. The molecule has 4 N–H and O–H groups in total. The fraction of sp³-hybridized carbons (Fsp3) is 0.519. The second-order valence-electron chi connectivity index (χ2n) is 9.73. The number of anilines is 1. The lowest BCUT2D eigenvalue weighted by molar-refractivity contribution is -0.118. The molecule has 2 aliphatic heterocycles. The summed E-state index contributed by atoms with van der Waals surface area (Å²) < 4.78 is 40.4. The van der Waals surface area contributed by atoms with E-state index in [-0.39, 0.29) is 22.9 Å². The number of carbonyl (C=O) groups is 1. The van der Waals surface area contributed by atoms with Gasteiger partial charge in [-0.25, -0.2) is 8.78 Å². The number of ether oxygens (including phenoxy) is 2. The number of carbonyl (C=O) groups excluding carboxylic acids is 1. The number of amides is 1. The van der Waals surface area contributed by atoms with Crippen LogP contribution in [0.2, 0.25) is 5.02 Å². The van der Waals surface area contributed by atoms with Crippen molar-refractivity contribution in [3.63, 3.8) is 0 Å². The summed E-state index contributed by atoms with van der Waals surface area (Å²) in [6.45, 7) is 4.47. The van der Waals surface area contributed by atoms with Gasteiger partial charge in [0.25, 0.3) is 0 Å². The first-order chi connectivity index (χ1) is 17.3. The van der Waals surface area contributed by atoms with Crippen LogP contribution >= 0.6 is 11.6 Å². The zero-order valence-electron chi connectivity index (χ0n) is 20.4. The normalized spacial score (nSPS) is 22.7. The monoisotopic (exact) mass is 521 g/mol. The highest BCUT2D eigenvalue weighted by Crippen LogP contribution is 2.36. The van der Waals surface area contributed by atoms with E-state index in [1.807, 2.05) is 0 Å². The number of halogens is 3. The van der Waals surface area contributed by atoms with Crippen molar-refractivity contribution in [3.05, 3.63) is 64.2 Å². The van der Waals surface area contributed by atoms with E-state index >= 15 is 0 Å². The highest BCUT2D eigenvalue weighted by atomic mass is 35.5. The highest BCUT2D eigenvalue weighted by molar-refractivity contribution is 6.30. The Morgan fingerprint density at radius 3 is 2.69 bits per heavy atom. The lowest BCUT2D eigenvalue weighted by Crippen LogP contribution is -2.45. The average Bonchev–Trinajstić information content (AvgIpc) is 2.87. The van der Waals surface area contributed by atoms with E-state index in [0.29, 0.717) is 74.9 Å². The van der Waals surface area contributed by atoms with E-state index in [4.69, 9.17) is 26.8 Å². The summed E-state index contributed by atoms with van der Waals surface area (Å²) in [5, 5.41) is 6.22. The predicted octanol–water partition coefficient (Wildman–Crippen LogP) is 4.40. The van der Waals surface area contributed by atoms with E-state index in [2.05, 4.69) is 17.6 Å². The number of benzene rings is 2. The summed E-state index contributed by atoms with van der Waals surface area (Å²) in [6, 6.07) is 8.49. The van der Waals surface area contributed by atoms with Crippen molar-refractivity contribution in [1.29, 1.82) is 0 Å². The van der Waals surface area contributed by atoms with Gasteiger partial charge >= 0.3 is 0 Å². The molecular formula is C27H34ClF2N3O3. The minimum Gasteiger partial charge on any atom is -0.381 e. The van der Waals surface area contributed by atoms with Crippen LogP contribution in [0.1, 0.15) is 43.2 Å². The number of hydrogen-bond donors (Lipinski definition) is 3. The first-order valence-electron chi connectivity index (χ1n) is 12.5. The number of morpholine rings is 1. The minimum absolute atomic E-state index is 0.0125. The molecule has 0 aromatic heterocycles. The Labute approximate surface area is 215 Å². The van der Waals surface area contributed by atoms with Crippen LogP contribution in [0.3, 0.4) is 0 Å². The van der Waals surface area contributed by atoms with E-state index in [0.717, 1.165) is 0 Å². The van der Waals surface area contributed by atoms with E-state index in [1.54, 1.807) is 18.2 Å². The van der Waals surface area contributed by atoms with Gasteiger partial charge in [0.15, 0.2) is 0 Å². The van der Waals surface area contributed by atoms with Crippen LogP contribution in [-0.2, 0) is 20.7 Å². The third-order valence-corrected chi connectivity index (χ3v) is 7.47. The van der Waals surface area contributed by atoms with Crippen LogP contribution < -0.4 is 16.4 Å². The number of nitrogens with one attached hydrogen (secondary N) is 2. The summed E-state index contributed by atoms with van der Waals surface area (Å²) in [7, 11) is 0. The van der Waals surface area contributed by atoms with Crippen LogP contribution in [0.15, 0.2) is 36.4 Å². The fourth-order valence-electron chi connectivity index (χ4n) is 5.10. The lowest BCUT2D eigenvalue weighted by atomic mass is 9.76. The van der Waals surface area contributed by atoms with Crippen molar-refractivity contribution < 1.29 is 23.0 Å². The topological polar surface area (TPSA) is 85.6 Å². The Kier molecular flexibility index (Phi) is 9.30. The van der Waals surface area contributed by atoms with Gasteiger partial charge in [0.1, 0.15) is 11.6 Å². The molecule has 1 amide bonds. The molecule has 2 fully saturated rings. The molecule has 6 nitrogen and oxygen atoms in total. The van der Waals surface area contributed by atoms with Gasteiger partial charge in [0, 0.05) is 43.0 Å². The van der Waals surface area contributed by atoms with Gasteiger partial charge in [-0.3, -0.25) is 4.79 Å². The quantitative estimate of drug-likeness (QED) is 0.479. The molecular weight excluding hydrogens is 488 g/mol. The summed E-state index contributed by atoms with van der Waals surface area (Å²) >= 11 is 5.89. The lowest BCUT2D eigenvalue weighted by Gasteiger charge is -2.34. The third kappa shape index (κ3) is 6.61. The van der Waals surface area contributed by atoms with Gasteiger partial charge < -0.3 is 25.8 Å². The number of rotatable bonds is 8. The maximum Gasteiger partial charge on any atom is 0.241 e. The predicted molar refractivity (Wildman–Crippen MR) is 136 cm³/mol. The van der Waals surface area contributed by atoms with Crippen LogP contribution in [0, 0.1) is 17.6 Å². The van der Waals surface area contributed by atoms with Crippen LogP contribution in [0.4, 0.5) is 14.5 Å². The van der Waals surface area contributed by atoms with E-state index in [1.165, 1.54) is 18.2 Å². The Balaban J connectivity index is 1.51. The second kappa shape index (κ2) is 12.4. The molecule has 2 aromatic rings. The Hall–Kier alpha value is -2.10. The molecule has 196 valence electrons. The van der Waals surface area contributed by atoms with Crippen LogP contribution in [0.25, 0.3) is 0 Å². The minimum atomic E-state index is -0.975. The number of hydrogen-bond acceptors (Lipinski definition) is 5. The summed E-state index contributed by atoms with van der Waals surface area (Å²) in [5.41, 5.74) is 7.94. The fourth-order valence-corrected chi connectivity index (χ4v) is 5.22. The zero-order valence-corrected chi connectivity index (χ0v) is 21.2. The molecule has 0 spiro atoms. The van der Waals surface area contributed by atoms with Crippen molar-refractivity contribution >= 4 is 23.2 Å². The molecule has 2 aromatic carbocycles. The first-order valence-corrected chi connectivity index (χ1v) is 12.9. The van der Waals surface area contributed by atoms with Gasteiger partial charge in [-0.05, 0) is 68.4 Å².